The van der Waals surface area contributed by atoms with Crippen molar-refractivity contribution in [2.24, 2.45) is 0 Å². The van der Waals surface area contributed by atoms with Crippen LogP contribution >= 0.6 is 10.9 Å². The van der Waals surface area contributed by atoms with Crippen LogP contribution in [-0.4, -0.2) is 31.8 Å². The lowest BCUT2D eigenvalue weighted by molar-refractivity contribution is 0.415. The molecule has 0 aliphatic heterocycles. The highest BCUT2D eigenvalue weighted by molar-refractivity contribution is 7.95. The predicted octanol–water partition coefficient (Wildman–Crippen LogP) is 1.71. The summed E-state index contributed by atoms with van der Waals surface area (Å²) < 4.78 is 5.26. The van der Waals surface area contributed by atoms with Crippen molar-refractivity contribution >= 4 is 27.2 Å². The van der Waals surface area contributed by atoms with E-state index in [4.69, 9.17) is 4.74 Å². The van der Waals surface area contributed by atoms with E-state index in [-0.39, 0.29) is 0 Å². The summed E-state index contributed by atoms with van der Waals surface area (Å²) in [6.45, 7) is 0. The molecule has 1 rings (SSSR count). The highest BCUT2D eigenvalue weighted by Crippen LogP contribution is 2.27. The number of rotatable bonds is 3. The maximum Gasteiger partial charge on any atom is 0.191 e. The van der Waals surface area contributed by atoms with Crippen molar-refractivity contribution in [1.29, 1.82) is 0 Å². The molecule has 4 heteroatoms. The Morgan fingerprint density at radius 2 is 2.20 bits per heavy atom. The van der Waals surface area contributed by atoms with Crippen molar-refractivity contribution in [3.05, 3.63) is 23.8 Å². The Morgan fingerprint density at radius 3 is 2.73 bits per heavy atom. The third kappa shape index (κ3) is 2.98. The van der Waals surface area contributed by atoms with Crippen LogP contribution in [0.2, 0.25) is 0 Å². The molecule has 80 valence electrons. The molecule has 0 heterocycles. The highest BCUT2D eigenvalue weighted by Gasteiger charge is 2.04. The number of ether oxygens (including phenoxy) is 1. The average molecular weight is 223 g/mol. The lowest BCUT2D eigenvalue weighted by atomic mass is 10.2. The molecule has 0 radical (unpaired) electrons. The first-order chi connectivity index (χ1) is 7.19. The first-order valence-corrected chi connectivity index (χ1v) is 5.28. The van der Waals surface area contributed by atoms with Gasteiger partial charge < -0.3 is 9.64 Å². The first kappa shape index (κ1) is 11.6. The summed E-state index contributed by atoms with van der Waals surface area (Å²) in [6.07, 6.45) is 0. The van der Waals surface area contributed by atoms with Crippen molar-refractivity contribution in [2.45, 2.75) is 0 Å². The van der Waals surface area contributed by atoms with E-state index in [1.54, 1.807) is 17.7 Å². The molecule has 1 aromatic rings. The smallest absolute Gasteiger partial charge is 0.191 e. The van der Waals surface area contributed by atoms with Gasteiger partial charge in [0.05, 0.1) is 12.8 Å². The van der Waals surface area contributed by atoms with Crippen LogP contribution in [0.5, 0.6) is 5.75 Å². The summed E-state index contributed by atoms with van der Waals surface area (Å²) in [5, 5.41) is 3.48. The van der Waals surface area contributed by atoms with Crippen LogP contribution in [-0.2, 0) is 4.79 Å². The summed E-state index contributed by atoms with van der Waals surface area (Å²) >= 11 is 0. The Hall–Kier alpha value is -1.51. The zero-order valence-electron chi connectivity index (χ0n) is 8.98. The van der Waals surface area contributed by atoms with Gasteiger partial charge in [-0.2, -0.15) is 0 Å². The van der Waals surface area contributed by atoms with Gasteiger partial charge in [0.1, 0.15) is 5.75 Å². The quantitative estimate of drug-likeness (QED) is 0.731. The molecule has 0 amide bonds. The maximum atomic E-state index is 10.1. The Morgan fingerprint density at radius 1 is 1.47 bits per heavy atom. The molecular formula is C11H13NO2S. The first-order valence-electron chi connectivity index (χ1n) is 4.40. The van der Waals surface area contributed by atoms with Gasteiger partial charge in [0.15, 0.2) is 5.23 Å². The van der Waals surface area contributed by atoms with Crippen LogP contribution in [0.4, 0.5) is 5.69 Å². The largest absolute Gasteiger partial charge is 0.495 e. The standard InChI is InChI=1S/C11H13NO2S/c1-12(2)10-5-4-9(7-15-8-13)6-11(10)14-3/h4-7H,1-3H3. The Kier molecular flexibility index (Phi) is 4.16. The van der Waals surface area contributed by atoms with Crippen LogP contribution in [0.15, 0.2) is 18.2 Å². The molecule has 0 bridgehead atoms. The second-order valence-electron chi connectivity index (χ2n) is 3.14. The van der Waals surface area contributed by atoms with Gasteiger partial charge in [-0.25, -0.2) is 4.79 Å². The van der Waals surface area contributed by atoms with Crippen molar-refractivity contribution in [1.82, 2.24) is 0 Å². The van der Waals surface area contributed by atoms with Gasteiger partial charge in [0, 0.05) is 19.5 Å². The van der Waals surface area contributed by atoms with Gasteiger partial charge in [-0.05, 0) is 17.7 Å². The number of carbonyl (C=O) groups excluding carboxylic acids is 1. The van der Waals surface area contributed by atoms with E-state index in [2.05, 4.69) is 0 Å². The molecule has 0 aliphatic rings. The molecule has 0 saturated carbocycles. The van der Waals surface area contributed by atoms with Crippen LogP contribution in [0.1, 0.15) is 5.56 Å². The van der Waals surface area contributed by atoms with Crippen LogP contribution in [0.25, 0.3) is 0 Å². The molecular weight excluding hydrogens is 210 g/mol. The Bertz CT molecular complexity index is 430. The number of hydrogen-bond acceptors (Lipinski definition) is 3. The minimum Gasteiger partial charge on any atom is -0.495 e. The predicted molar refractivity (Wildman–Crippen MR) is 65.8 cm³/mol. The van der Waals surface area contributed by atoms with Gasteiger partial charge in [-0.3, -0.25) is 0 Å². The molecule has 0 atom stereocenters. The normalized spacial score (nSPS) is 9.00. The summed E-state index contributed by atoms with van der Waals surface area (Å²) in [6, 6.07) is 5.78. The van der Waals surface area contributed by atoms with E-state index >= 15 is 0 Å². The van der Waals surface area contributed by atoms with Gasteiger partial charge >= 0.3 is 0 Å². The SMILES string of the molecule is COc1cc(C=S=C=O)ccc1N(C)C. The molecule has 0 saturated heterocycles. The maximum absolute atomic E-state index is 10.1. The summed E-state index contributed by atoms with van der Waals surface area (Å²) in [7, 11) is 6.53. The van der Waals surface area contributed by atoms with Crippen LogP contribution < -0.4 is 9.64 Å². The minimum atomic E-state index is 0.792. The zero-order chi connectivity index (χ0) is 11.3. The molecule has 0 spiro atoms. The lowest BCUT2D eigenvalue weighted by Gasteiger charge is -2.16. The number of nitrogens with zero attached hydrogens (tertiary/aromatic N) is 1. The minimum absolute atomic E-state index is 0.792. The number of hydrogen-bond donors (Lipinski definition) is 0. The van der Waals surface area contributed by atoms with Crippen molar-refractivity contribution in [2.75, 3.05) is 26.1 Å². The van der Waals surface area contributed by atoms with Crippen LogP contribution in [0, 0.1) is 0 Å². The van der Waals surface area contributed by atoms with E-state index in [0.717, 1.165) is 27.9 Å². The fraction of sp³-hybridized carbons (Fsp3) is 0.273. The van der Waals surface area contributed by atoms with Gasteiger partial charge in [-0.1, -0.05) is 17.0 Å². The molecule has 1 aromatic carbocycles. The van der Waals surface area contributed by atoms with E-state index in [1.807, 2.05) is 37.2 Å². The van der Waals surface area contributed by atoms with E-state index in [1.165, 1.54) is 0 Å². The second kappa shape index (κ2) is 5.39. The van der Waals surface area contributed by atoms with Gasteiger partial charge in [0.25, 0.3) is 0 Å². The number of anilines is 1. The molecule has 3 nitrogen and oxygen atoms in total. The molecule has 0 aromatic heterocycles. The zero-order valence-corrected chi connectivity index (χ0v) is 9.80. The van der Waals surface area contributed by atoms with E-state index in [0.29, 0.717) is 0 Å². The average Bonchev–Trinajstić information content (AvgIpc) is 2.25. The Labute approximate surface area is 92.8 Å². The van der Waals surface area contributed by atoms with Gasteiger partial charge in [0.2, 0.25) is 0 Å². The molecule has 0 unspecified atom stereocenters. The highest BCUT2D eigenvalue weighted by atomic mass is 32.1. The third-order valence-electron chi connectivity index (χ3n) is 1.93. The summed E-state index contributed by atoms with van der Waals surface area (Å²) in [4.78, 5) is 12.0. The van der Waals surface area contributed by atoms with E-state index < -0.39 is 0 Å². The topological polar surface area (TPSA) is 29.5 Å². The Balaban J connectivity index is 3.18. The van der Waals surface area contributed by atoms with Crippen molar-refractivity contribution in [3.8, 4) is 5.75 Å². The van der Waals surface area contributed by atoms with Crippen molar-refractivity contribution < 1.29 is 9.53 Å². The summed E-state index contributed by atoms with van der Waals surface area (Å²) in [5.41, 5.74) is 1.94. The van der Waals surface area contributed by atoms with Crippen LogP contribution in [0.3, 0.4) is 0 Å². The second-order valence-corrected chi connectivity index (χ2v) is 3.78. The number of methoxy groups -OCH3 is 1. The molecule has 15 heavy (non-hydrogen) atoms. The summed E-state index contributed by atoms with van der Waals surface area (Å²) in [5.74, 6) is 0.792. The monoisotopic (exact) mass is 223 g/mol. The fourth-order valence-corrected chi connectivity index (χ4v) is 1.56. The molecule has 0 aliphatic carbocycles. The molecule has 0 fully saturated rings. The molecule has 0 N–H and O–H groups in total. The number of benzene rings is 1. The third-order valence-corrected chi connectivity index (χ3v) is 2.41. The fourth-order valence-electron chi connectivity index (χ4n) is 1.23. The lowest BCUT2D eigenvalue weighted by Crippen LogP contribution is -2.10. The van der Waals surface area contributed by atoms with Gasteiger partial charge in [-0.15, -0.1) is 0 Å². The van der Waals surface area contributed by atoms with E-state index in [9.17, 15) is 4.79 Å². The van der Waals surface area contributed by atoms with Crippen molar-refractivity contribution in [3.63, 3.8) is 0 Å².